The number of aromatic amines is 1. The Kier molecular flexibility index (Phi) is 3.64. The van der Waals surface area contributed by atoms with Crippen molar-refractivity contribution < 1.29 is 9.53 Å². The highest BCUT2D eigenvalue weighted by atomic mass is 79.9. The fourth-order valence-electron chi connectivity index (χ4n) is 1.56. The van der Waals surface area contributed by atoms with E-state index >= 15 is 0 Å². The minimum Gasteiger partial charge on any atom is -0.441 e. The van der Waals surface area contributed by atoms with Crippen LogP contribution in [0.5, 0.6) is 11.6 Å². The molecule has 0 spiro atoms. The lowest BCUT2D eigenvalue weighted by molar-refractivity contribution is 0.102. The Bertz CT molecular complexity index is 519. The summed E-state index contributed by atoms with van der Waals surface area (Å²) in [5, 5.41) is 0.316. The SMILES string of the molecule is Cc1[nH]c(Oc2ccccc2)cc1C(=O)CBr. The Morgan fingerprint density at radius 3 is 2.71 bits per heavy atom. The van der Waals surface area contributed by atoms with Crippen molar-refractivity contribution in [1.82, 2.24) is 4.98 Å². The highest BCUT2D eigenvalue weighted by molar-refractivity contribution is 9.09. The third-order valence-electron chi connectivity index (χ3n) is 2.38. The van der Waals surface area contributed by atoms with Gasteiger partial charge in [-0.25, -0.2) is 0 Å². The molecule has 0 fully saturated rings. The minimum atomic E-state index is 0.0432. The van der Waals surface area contributed by atoms with Crippen LogP contribution >= 0.6 is 15.9 Å². The molecule has 0 bridgehead atoms. The maximum Gasteiger partial charge on any atom is 0.198 e. The van der Waals surface area contributed by atoms with Gasteiger partial charge in [0.25, 0.3) is 0 Å². The van der Waals surface area contributed by atoms with Crippen LogP contribution in [0.3, 0.4) is 0 Å². The Hall–Kier alpha value is -1.55. The number of ketones is 1. The zero-order chi connectivity index (χ0) is 12.3. The molecule has 1 N–H and O–H groups in total. The van der Waals surface area contributed by atoms with Crippen LogP contribution in [0.2, 0.25) is 0 Å². The van der Waals surface area contributed by atoms with Gasteiger partial charge in [-0.3, -0.25) is 4.79 Å². The number of carbonyl (C=O) groups excluding carboxylic acids is 1. The van der Waals surface area contributed by atoms with Gasteiger partial charge in [0.1, 0.15) is 5.75 Å². The molecule has 0 aliphatic carbocycles. The predicted molar refractivity (Wildman–Crippen MR) is 70.2 cm³/mol. The molecule has 2 aromatic rings. The summed E-state index contributed by atoms with van der Waals surface area (Å²) in [6.07, 6.45) is 0. The van der Waals surface area contributed by atoms with Crippen LogP contribution in [-0.2, 0) is 0 Å². The van der Waals surface area contributed by atoms with Crippen molar-refractivity contribution in [2.24, 2.45) is 0 Å². The highest BCUT2D eigenvalue weighted by Crippen LogP contribution is 2.23. The summed E-state index contributed by atoms with van der Waals surface area (Å²) in [7, 11) is 0. The van der Waals surface area contributed by atoms with E-state index in [0.717, 1.165) is 11.4 Å². The number of benzene rings is 1. The van der Waals surface area contributed by atoms with Gasteiger partial charge in [-0.1, -0.05) is 34.1 Å². The lowest BCUT2D eigenvalue weighted by Crippen LogP contribution is -1.99. The quantitative estimate of drug-likeness (QED) is 0.690. The predicted octanol–water partition coefficient (Wildman–Crippen LogP) is 3.69. The van der Waals surface area contributed by atoms with Gasteiger partial charge >= 0.3 is 0 Å². The summed E-state index contributed by atoms with van der Waals surface area (Å²) in [4.78, 5) is 14.6. The molecule has 0 saturated heterocycles. The summed E-state index contributed by atoms with van der Waals surface area (Å²) in [5.74, 6) is 1.37. The summed E-state index contributed by atoms with van der Waals surface area (Å²) in [6.45, 7) is 1.85. The average molecular weight is 294 g/mol. The first-order valence-electron chi connectivity index (χ1n) is 5.22. The van der Waals surface area contributed by atoms with Crippen LogP contribution in [-0.4, -0.2) is 16.1 Å². The van der Waals surface area contributed by atoms with Gasteiger partial charge in [-0.2, -0.15) is 0 Å². The van der Waals surface area contributed by atoms with Gasteiger partial charge < -0.3 is 9.72 Å². The van der Waals surface area contributed by atoms with Gasteiger partial charge in [0.05, 0.1) is 5.33 Å². The lowest BCUT2D eigenvalue weighted by atomic mass is 10.2. The molecule has 0 saturated carbocycles. The van der Waals surface area contributed by atoms with Crippen LogP contribution in [0.25, 0.3) is 0 Å². The van der Waals surface area contributed by atoms with Gasteiger partial charge in [0.2, 0.25) is 0 Å². The zero-order valence-electron chi connectivity index (χ0n) is 9.37. The molecule has 0 radical (unpaired) electrons. The third kappa shape index (κ3) is 2.77. The van der Waals surface area contributed by atoms with Crippen LogP contribution < -0.4 is 4.74 Å². The number of nitrogens with one attached hydrogen (secondary N) is 1. The fourth-order valence-corrected chi connectivity index (χ4v) is 1.86. The molecule has 0 amide bonds. The summed E-state index contributed by atoms with van der Waals surface area (Å²) >= 11 is 3.16. The van der Waals surface area contributed by atoms with Crippen molar-refractivity contribution in [2.75, 3.05) is 5.33 Å². The van der Waals surface area contributed by atoms with Crippen LogP contribution in [0.4, 0.5) is 0 Å². The highest BCUT2D eigenvalue weighted by Gasteiger charge is 2.12. The smallest absolute Gasteiger partial charge is 0.198 e. The number of hydrogen-bond acceptors (Lipinski definition) is 2. The van der Waals surface area contributed by atoms with Crippen LogP contribution in [0.15, 0.2) is 36.4 Å². The largest absolute Gasteiger partial charge is 0.441 e. The van der Waals surface area contributed by atoms with Gasteiger partial charge in [0.15, 0.2) is 11.7 Å². The Morgan fingerprint density at radius 2 is 2.06 bits per heavy atom. The fraction of sp³-hybridized carbons (Fsp3) is 0.154. The van der Waals surface area contributed by atoms with Gasteiger partial charge in [-0.15, -0.1) is 0 Å². The number of hydrogen-bond donors (Lipinski definition) is 1. The molecule has 1 aromatic carbocycles. The first kappa shape index (κ1) is 11.9. The number of ether oxygens (including phenoxy) is 1. The van der Waals surface area contributed by atoms with Crippen molar-refractivity contribution in [2.45, 2.75) is 6.92 Å². The number of rotatable bonds is 4. The average Bonchev–Trinajstić information content (AvgIpc) is 2.70. The maximum atomic E-state index is 11.6. The number of aryl methyl sites for hydroxylation is 1. The first-order chi connectivity index (χ1) is 8.20. The number of para-hydroxylation sites is 1. The topological polar surface area (TPSA) is 42.1 Å². The normalized spacial score (nSPS) is 10.2. The molecule has 1 heterocycles. The van der Waals surface area contributed by atoms with Crippen LogP contribution in [0, 0.1) is 6.92 Å². The second-order valence-corrected chi connectivity index (χ2v) is 4.20. The third-order valence-corrected chi connectivity index (χ3v) is 2.89. The Labute approximate surface area is 108 Å². The van der Waals surface area contributed by atoms with Crippen molar-refractivity contribution in [3.63, 3.8) is 0 Å². The van der Waals surface area contributed by atoms with E-state index in [1.807, 2.05) is 37.3 Å². The summed E-state index contributed by atoms with van der Waals surface area (Å²) < 4.78 is 5.61. The van der Waals surface area contributed by atoms with E-state index in [2.05, 4.69) is 20.9 Å². The molecule has 2 rings (SSSR count). The molecule has 1 aromatic heterocycles. The molecule has 0 aliphatic heterocycles. The number of halogens is 1. The van der Waals surface area contributed by atoms with Crippen molar-refractivity contribution in [1.29, 1.82) is 0 Å². The molecule has 3 nitrogen and oxygen atoms in total. The molecule has 0 aliphatic rings. The number of aromatic nitrogens is 1. The van der Waals surface area contributed by atoms with E-state index in [0.29, 0.717) is 16.8 Å². The van der Waals surface area contributed by atoms with E-state index in [9.17, 15) is 4.79 Å². The number of carbonyl (C=O) groups is 1. The second-order valence-electron chi connectivity index (χ2n) is 3.64. The lowest BCUT2D eigenvalue weighted by Gasteiger charge is -2.01. The molecule has 0 unspecified atom stereocenters. The van der Waals surface area contributed by atoms with Crippen LogP contribution in [0.1, 0.15) is 16.1 Å². The molecular formula is C13H12BrNO2. The maximum absolute atomic E-state index is 11.6. The first-order valence-corrected chi connectivity index (χ1v) is 6.34. The summed E-state index contributed by atoms with van der Waals surface area (Å²) in [6, 6.07) is 11.2. The van der Waals surface area contributed by atoms with E-state index in [4.69, 9.17) is 4.74 Å². The Morgan fingerprint density at radius 1 is 1.35 bits per heavy atom. The monoisotopic (exact) mass is 293 g/mol. The van der Waals surface area contributed by atoms with E-state index < -0.39 is 0 Å². The van der Waals surface area contributed by atoms with E-state index in [-0.39, 0.29) is 5.78 Å². The van der Waals surface area contributed by atoms with E-state index in [1.54, 1.807) is 6.07 Å². The van der Waals surface area contributed by atoms with Gasteiger partial charge in [-0.05, 0) is 19.1 Å². The number of Topliss-reactive ketones (excluding diaryl/α,β-unsaturated/α-hetero) is 1. The van der Waals surface area contributed by atoms with Crippen molar-refractivity contribution in [3.8, 4) is 11.6 Å². The summed E-state index contributed by atoms with van der Waals surface area (Å²) in [5.41, 5.74) is 1.48. The number of H-pyrrole nitrogens is 1. The second kappa shape index (κ2) is 5.19. The molecule has 17 heavy (non-hydrogen) atoms. The van der Waals surface area contributed by atoms with Crippen molar-refractivity contribution >= 4 is 21.7 Å². The minimum absolute atomic E-state index is 0.0432. The molecule has 88 valence electrons. The molecular weight excluding hydrogens is 282 g/mol. The molecule has 0 atom stereocenters. The van der Waals surface area contributed by atoms with Gasteiger partial charge in [0, 0.05) is 17.3 Å². The molecule has 4 heteroatoms. The van der Waals surface area contributed by atoms with Crippen molar-refractivity contribution in [3.05, 3.63) is 47.7 Å². The Balaban J connectivity index is 2.21. The zero-order valence-corrected chi connectivity index (χ0v) is 11.0. The number of alkyl halides is 1. The van der Waals surface area contributed by atoms with E-state index in [1.165, 1.54) is 0 Å². The standard InChI is InChI=1S/C13H12BrNO2/c1-9-11(12(16)8-14)7-13(15-9)17-10-5-3-2-4-6-10/h2-7,15H,8H2,1H3.